The molecular formula is C28H34N4O5S. The van der Waals surface area contributed by atoms with Crippen molar-refractivity contribution < 1.29 is 23.1 Å². The number of aliphatic hydroxyl groups is 1. The third kappa shape index (κ3) is 3.19. The van der Waals surface area contributed by atoms with Gasteiger partial charge in [-0.1, -0.05) is 32.0 Å². The van der Waals surface area contributed by atoms with Crippen LogP contribution in [0.2, 0.25) is 0 Å². The van der Waals surface area contributed by atoms with Gasteiger partial charge in [0.15, 0.2) is 0 Å². The van der Waals surface area contributed by atoms with E-state index in [1.54, 1.807) is 22.9 Å². The number of fused-ring (bicyclic) bond motifs is 7. The lowest BCUT2D eigenvalue weighted by atomic mass is 9.45. The molecule has 0 radical (unpaired) electrons. The molecule has 0 amide bonds. The van der Waals surface area contributed by atoms with Crippen LogP contribution in [0.5, 0.6) is 0 Å². The Labute approximate surface area is 222 Å². The number of rotatable bonds is 3. The van der Waals surface area contributed by atoms with Gasteiger partial charge in [-0.15, -0.1) is 0 Å². The van der Waals surface area contributed by atoms with Crippen LogP contribution in [0.3, 0.4) is 0 Å². The number of nitrogens with zero attached hydrogens (tertiary/aromatic N) is 4. The van der Waals surface area contributed by atoms with Crippen molar-refractivity contribution in [3.05, 3.63) is 53.0 Å². The molecule has 2 aromatic heterocycles. The molecule has 7 atom stereocenters. The minimum Gasteiger partial charge on any atom is -0.393 e. The Morgan fingerprint density at radius 2 is 1.89 bits per heavy atom. The van der Waals surface area contributed by atoms with Crippen molar-refractivity contribution in [2.24, 2.45) is 29.1 Å². The summed E-state index contributed by atoms with van der Waals surface area (Å²) in [5, 5.41) is 30.9. The molecule has 2 heterocycles. The number of sulfone groups is 1. The van der Waals surface area contributed by atoms with Crippen molar-refractivity contribution >= 4 is 9.84 Å². The normalized spacial score (nSPS) is 36.2. The molecule has 0 aliphatic heterocycles. The first kappa shape index (κ1) is 24.3. The number of hydrogen-bond donors (Lipinski definition) is 1. The lowest BCUT2D eigenvalue weighted by Crippen LogP contribution is -2.54. The summed E-state index contributed by atoms with van der Waals surface area (Å²) in [6.07, 6.45) is 9.86. The lowest BCUT2D eigenvalue weighted by molar-refractivity contribution is -0.832. The highest BCUT2D eigenvalue weighted by atomic mass is 32.2. The molecule has 1 unspecified atom stereocenters. The molecule has 3 fully saturated rings. The predicted octanol–water partition coefficient (Wildman–Crippen LogP) is 3.74. The van der Waals surface area contributed by atoms with E-state index in [2.05, 4.69) is 24.1 Å². The van der Waals surface area contributed by atoms with Crippen LogP contribution in [0, 0.1) is 34.3 Å². The van der Waals surface area contributed by atoms with Crippen molar-refractivity contribution in [2.75, 3.05) is 0 Å². The van der Waals surface area contributed by atoms with Gasteiger partial charge in [-0.2, -0.15) is 9.78 Å². The molecule has 4 aliphatic rings. The molecule has 38 heavy (non-hydrogen) atoms. The van der Waals surface area contributed by atoms with Gasteiger partial charge in [0.25, 0.3) is 9.84 Å². The Morgan fingerprint density at radius 1 is 1.11 bits per heavy atom. The summed E-state index contributed by atoms with van der Waals surface area (Å²) in [4.78, 5) is -0.0122. The molecule has 1 aromatic carbocycles. The summed E-state index contributed by atoms with van der Waals surface area (Å²) in [7, 11) is -4.18. The van der Waals surface area contributed by atoms with Crippen molar-refractivity contribution in [1.29, 1.82) is 0 Å². The molecule has 0 bridgehead atoms. The highest BCUT2D eigenvalue weighted by Gasteiger charge is 2.60. The van der Waals surface area contributed by atoms with E-state index in [1.807, 2.05) is 6.20 Å². The van der Waals surface area contributed by atoms with Gasteiger partial charge in [-0.25, -0.2) is 8.42 Å². The van der Waals surface area contributed by atoms with E-state index >= 15 is 0 Å². The lowest BCUT2D eigenvalue weighted by Gasteiger charge is -2.60. The highest BCUT2D eigenvalue weighted by molar-refractivity contribution is 7.91. The summed E-state index contributed by atoms with van der Waals surface area (Å²) < 4.78 is 33.4. The SMILES string of the molecule is C[C@]12CC[C@H](O)CC1CC[C@@H]1[C@@H]2CC[C@]2(C)c3c(cnn3-c3no[n+]([O-])c3S(=O)(=O)c3ccccc3)C[C@@H]12. The molecule has 3 aromatic rings. The van der Waals surface area contributed by atoms with Crippen molar-refractivity contribution in [2.45, 2.75) is 86.7 Å². The average Bonchev–Trinajstić information content (AvgIpc) is 3.58. The second-order valence-corrected chi connectivity index (χ2v) is 14.4. The quantitative estimate of drug-likeness (QED) is 0.504. The number of aromatic nitrogens is 4. The summed E-state index contributed by atoms with van der Waals surface area (Å²) in [6.45, 7) is 4.75. The summed E-state index contributed by atoms with van der Waals surface area (Å²) in [5.74, 6) is 2.13. The summed E-state index contributed by atoms with van der Waals surface area (Å²) in [5.41, 5.74) is 2.13. The first-order chi connectivity index (χ1) is 18.1. The van der Waals surface area contributed by atoms with E-state index in [-0.39, 0.29) is 32.6 Å². The molecule has 202 valence electrons. The van der Waals surface area contributed by atoms with Crippen LogP contribution in [0.15, 0.2) is 51.1 Å². The fourth-order valence-corrected chi connectivity index (χ4v) is 10.4. The molecule has 1 N–H and O–H groups in total. The van der Waals surface area contributed by atoms with Gasteiger partial charge in [0.05, 0.1) is 28.0 Å². The standard InChI is InChI=1S/C28H34N4O5S/c1-27-12-10-19(33)15-18(27)8-9-21-22(27)11-13-28(2)23(21)14-17-16-29-31(24(17)28)25-26(32(34)37-30-25)38(35,36)20-6-4-3-5-7-20/h3-7,16,18-19,21-23,33H,8-15H2,1-2H3/t18?,19-,21+,22-,23-,27-,28-/m0/s1. The van der Waals surface area contributed by atoms with Gasteiger partial charge in [0, 0.05) is 5.41 Å². The minimum atomic E-state index is -4.18. The predicted molar refractivity (Wildman–Crippen MR) is 136 cm³/mol. The first-order valence-electron chi connectivity index (χ1n) is 13.8. The second-order valence-electron chi connectivity index (χ2n) is 12.6. The summed E-state index contributed by atoms with van der Waals surface area (Å²) in [6, 6.07) is 7.87. The van der Waals surface area contributed by atoms with E-state index < -0.39 is 14.9 Å². The van der Waals surface area contributed by atoms with Crippen LogP contribution in [-0.4, -0.2) is 34.6 Å². The number of aliphatic hydroxyl groups excluding tert-OH is 1. The molecular weight excluding hydrogens is 504 g/mol. The van der Waals surface area contributed by atoms with Crippen molar-refractivity contribution in [3.8, 4) is 5.82 Å². The Balaban J connectivity index is 1.28. The fraction of sp³-hybridized carbons (Fsp3) is 0.607. The zero-order valence-corrected chi connectivity index (χ0v) is 22.6. The molecule has 9 nitrogen and oxygen atoms in total. The Morgan fingerprint density at radius 3 is 2.68 bits per heavy atom. The zero-order chi connectivity index (χ0) is 26.4. The fourth-order valence-electron chi connectivity index (χ4n) is 9.06. The van der Waals surface area contributed by atoms with Crippen LogP contribution in [0.25, 0.3) is 5.82 Å². The second kappa shape index (κ2) is 8.14. The Kier molecular flexibility index (Phi) is 5.21. The third-order valence-corrected chi connectivity index (χ3v) is 12.7. The van der Waals surface area contributed by atoms with Crippen molar-refractivity contribution in [1.82, 2.24) is 14.9 Å². The molecule has 0 saturated heterocycles. The average molecular weight is 539 g/mol. The van der Waals surface area contributed by atoms with Crippen LogP contribution in [-0.2, 0) is 21.7 Å². The maximum atomic E-state index is 13.5. The van der Waals surface area contributed by atoms with E-state index in [4.69, 9.17) is 4.63 Å². The zero-order valence-electron chi connectivity index (χ0n) is 21.8. The van der Waals surface area contributed by atoms with Gasteiger partial charge in [-0.05, 0) is 103 Å². The van der Waals surface area contributed by atoms with Crippen LogP contribution in [0.4, 0.5) is 0 Å². The molecule has 4 aliphatic carbocycles. The summed E-state index contributed by atoms with van der Waals surface area (Å²) >= 11 is 0. The third-order valence-electron chi connectivity index (χ3n) is 10.9. The van der Waals surface area contributed by atoms with Gasteiger partial charge in [-0.3, -0.25) is 4.63 Å². The smallest absolute Gasteiger partial charge is 0.354 e. The first-order valence-corrected chi connectivity index (χ1v) is 15.3. The van der Waals surface area contributed by atoms with Crippen LogP contribution in [0.1, 0.15) is 70.1 Å². The maximum Gasteiger partial charge on any atom is 0.354 e. The number of hydrogen-bond acceptors (Lipinski definition) is 7. The Bertz CT molecular complexity index is 1500. The minimum absolute atomic E-state index is 0.00468. The van der Waals surface area contributed by atoms with Crippen LogP contribution < -0.4 is 4.90 Å². The van der Waals surface area contributed by atoms with E-state index in [0.29, 0.717) is 23.7 Å². The van der Waals surface area contributed by atoms with Crippen molar-refractivity contribution in [3.63, 3.8) is 0 Å². The molecule has 3 saturated carbocycles. The van der Waals surface area contributed by atoms with E-state index in [9.17, 15) is 18.7 Å². The highest BCUT2D eigenvalue weighted by Crippen LogP contribution is 2.65. The Hall–Kier alpha value is -2.72. The van der Waals surface area contributed by atoms with E-state index in [1.165, 1.54) is 12.1 Å². The number of benzene rings is 1. The monoisotopic (exact) mass is 538 g/mol. The van der Waals surface area contributed by atoms with Gasteiger partial charge < -0.3 is 10.3 Å². The van der Waals surface area contributed by atoms with Crippen LogP contribution >= 0.6 is 0 Å². The molecule has 7 rings (SSSR count). The van der Waals surface area contributed by atoms with Gasteiger partial charge >= 0.3 is 10.8 Å². The van der Waals surface area contributed by atoms with E-state index in [0.717, 1.165) is 62.6 Å². The molecule has 10 heteroatoms. The topological polar surface area (TPSA) is 125 Å². The largest absolute Gasteiger partial charge is 0.393 e. The molecule has 0 spiro atoms. The van der Waals surface area contributed by atoms with Gasteiger partial charge in [0.2, 0.25) is 0 Å². The van der Waals surface area contributed by atoms with Gasteiger partial charge in [0.1, 0.15) is 0 Å². The maximum absolute atomic E-state index is 13.5.